The van der Waals surface area contributed by atoms with Crippen molar-refractivity contribution >= 4 is 5.69 Å². The maximum atomic E-state index is 13.2. The minimum absolute atomic E-state index is 0.0464. The quantitative estimate of drug-likeness (QED) is 0.104. The van der Waals surface area contributed by atoms with Crippen LogP contribution in [0.5, 0.6) is 0 Å². The second-order valence-electron chi connectivity index (χ2n) is 12.6. The predicted molar refractivity (Wildman–Crippen MR) is 161 cm³/mol. The van der Waals surface area contributed by atoms with E-state index in [1.807, 2.05) is 18.2 Å². The summed E-state index contributed by atoms with van der Waals surface area (Å²) in [5, 5.41) is 31.2. The Bertz CT molecular complexity index is 1260. The van der Waals surface area contributed by atoms with Gasteiger partial charge in [0.05, 0.1) is 6.54 Å². The number of rotatable bonds is 12. The van der Waals surface area contributed by atoms with Gasteiger partial charge in [-0.1, -0.05) is 55.0 Å². The zero-order valence-electron chi connectivity index (χ0n) is 24.7. The van der Waals surface area contributed by atoms with E-state index in [1.165, 1.54) is 0 Å². The molecule has 5 rings (SSSR count). The lowest BCUT2D eigenvalue weighted by Crippen LogP contribution is -2.53. The lowest BCUT2D eigenvalue weighted by molar-refractivity contribution is -0.135. The van der Waals surface area contributed by atoms with E-state index in [9.17, 15) is 28.3 Å². The van der Waals surface area contributed by atoms with Crippen LogP contribution in [0.3, 0.4) is 0 Å². The summed E-state index contributed by atoms with van der Waals surface area (Å²) in [5.41, 5.74) is 1.09. The number of unbranched alkanes of at least 4 members (excludes halogenated alkanes) is 1. The largest absolute Gasteiger partial charge is 0.401 e. The van der Waals surface area contributed by atoms with E-state index in [0.717, 1.165) is 69.3 Å². The van der Waals surface area contributed by atoms with Crippen molar-refractivity contribution in [3.63, 3.8) is 0 Å². The number of allylic oxidation sites excluding steroid dienone is 2. The normalized spacial score (nSPS) is 26.5. The van der Waals surface area contributed by atoms with Crippen LogP contribution < -0.4 is 10.6 Å². The average Bonchev–Trinajstić information content (AvgIpc) is 3.29. The molecule has 10 heteroatoms. The molecule has 3 aliphatic rings. The molecule has 5 unspecified atom stereocenters. The average molecular weight is 601 g/mol. The van der Waals surface area contributed by atoms with E-state index in [0.29, 0.717) is 17.7 Å². The van der Waals surface area contributed by atoms with Gasteiger partial charge >= 0.3 is 6.18 Å². The minimum Gasteiger partial charge on any atom is -0.378 e. The van der Waals surface area contributed by atoms with Gasteiger partial charge in [-0.05, 0) is 111 Å². The molecule has 1 fully saturated rings. The van der Waals surface area contributed by atoms with Crippen molar-refractivity contribution in [3.05, 3.63) is 82.3 Å². The summed E-state index contributed by atoms with van der Waals surface area (Å²) in [6.45, 7) is 3.11. The highest BCUT2D eigenvalue weighted by Crippen LogP contribution is 2.58. The molecule has 2 aromatic rings. The van der Waals surface area contributed by atoms with Gasteiger partial charge in [-0.25, -0.2) is 0 Å². The Morgan fingerprint density at radius 1 is 1.07 bits per heavy atom. The third-order valence-electron chi connectivity index (χ3n) is 9.78. The summed E-state index contributed by atoms with van der Waals surface area (Å²) < 4.78 is 39.5. The fourth-order valence-electron chi connectivity index (χ4n) is 7.68. The summed E-state index contributed by atoms with van der Waals surface area (Å²) in [4.78, 5) is 13.1. The van der Waals surface area contributed by atoms with Gasteiger partial charge in [-0.3, -0.25) is 10.6 Å². The lowest BCUT2D eigenvalue weighted by Gasteiger charge is -2.42. The molecular formula is C33H43F3N4O3. The molecule has 7 nitrogen and oxygen atoms in total. The monoisotopic (exact) mass is 600 g/mol. The molecule has 0 amide bonds. The van der Waals surface area contributed by atoms with Crippen LogP contribution in [0.4, 0.5) is 18.9 Å². The van der Waals surface area contributed by atoms with Crippen LogP contribution in [0.2, 0.25) is 0 Å². The number of nitrogens with one attached hydrogen (secondary N) is 2. The number of alkyl halides is 3. The lowest BCUT2D eigenvalue weighted by atomic mass is 9.66. The molecule has 0 radical (unpaired) electrons. The zero-order valence-corrected chi connectivity index (χ0v) is 24.7. The van der Waals surface area contributed by atoms with Crippen LogP contribution in [-0.4, -0.2) is 59.7 Å². The van der Waals surface area contributed by atoms with Crippen molar-refractivity contribution in [1.29, 1.82) is 0 Å². The van der Waals surface area contributed by atoms with Crippen molar-refractivity contribution in [3.8, 4) is 0 Å². The summed E-state index contributed by atoms with van der Waals surface area (Å²) in [7, 11) is 0. The molecule has 0 saturated carbocycles. The molecule has 43 heavy (non-hydrogen) atoms. The Morgan fingerprint density at radius 3 is 2.49 bits per heavy atom. The van der Waals surface area contributed by atoms with Crippen molar-refractivity contribution in [2.45, 2.75) is 87.4 Å². The molecule has 0 aromatic heterocycles. The first-order chi connectivity index (χ1) is 20.5. The van der Waals surface area contributed by atoms with Crippen LogP contribution in [0.25, 0.3) is 0 Å². The number of fused-ring (bicyclic) bond motifs is 3. The highest BCUT2D eigenvalue weighted by Gasteiger charge is 2.55. The third-order valence-corrected chi connectivity index (χ3v) is 9.78. The SMILES string of the molecule is CC(O)(NC1CCN(CCCCC2(C(O)NCC(F)(F)F)c3ccccc3C3CCC=CC32)CC1)c1ccc(N=O)cc1. The molecule has 1 saturated heterocycles. The smallest absolute Gasteiger partial charge is 0.378 e. The van der Waals surface area contributed by atoms with Crippen LogP contribution in [0.1, 0.15) is 74.5 Å². The highest BCUT2D eigenvalue weighted by molar-refractivity contribution is 5.48. The molecule has 5 atom stereocenters. The van der Waals surface area contributed by atoms with Crippen LogP contribution in [0, 0.1) is 10.8 Å². The molecule has 1 aliphatic heterocycles. The molecule has 0 bridgehead atoms. The summed E-state index contributed by atoms with van der Waals surface area (Å²) in [6.07, 6.45) is 4.40. The van der Waals surface area contributed by atoms with E-state index in [2.05, 4.69) is 38.9 Å². The molecule has 2 aromatic carbocycles. The number of likely N-dealkylation sites (tertiary alicyclic amines) is 1. The van der Waals surface area contributed by atoms with Gasteiger partial charge in [-0.2, -0.15) is 13.2 Å². The fourth-order valence-corrected chi connectivity index (χ4v) is 7.68. The minimum atomic E-state index is -4.41. The standard InChI is InChI=1S/C33H43F3N4O3/c1-31(42,23-12-14-25(39-43)15-13-23)38-24-16-20-40(21-17-24)19-7-6-18-32(30(41)37-22-33(34,35)36)28-10-4-2-8-26(28)27-9-3-5-11-29(27)32/h2,4-5,8,10-15,24,27,29-30,37-38,41-42H,3,6-7,9,16-22H2,1H3. The summed E-state index contributed by atoms with van der Waals surface area (Å²) >= 11 is 0. The molecule has 1 heterocycles. The Hall–Kier alpha value is -2.63. The Labute approximate surface area is 251 Å². The molecule has 4 N–H and O–H groups in total. The molecular weight excluding hydrogens is 557 g/mol. The predicted octanol–water partition coefficient (Wildman–Crippen LogP) is 5.95. The van der Waals surface area contributed by atoms with E-state index in [1.54, 1.807) is 31.2 Å². The van der Waals surface area contributed by atoms with Crippen LogP contribution >= 0.6 is 0 Å². The first kappa shape index (κ1) is 31.8. The van der Waals surface area contributed by atoms with Gasteiger partial charge in [0.1, 0.15) is 17.6 Å². The third kappa shape index (κ3) is 7.04. The van der Waals surface area contributed by atoms with Gasteiger partial charge in [0, 0.05) is 11.5 Å². The van der Waals surface area contributed by atoms with Crippen molar-refractivity contribution in [1.82, 2.24) is 15.5 Å². The maximum Gasteiger partial charge on any atom is 0.401 e. The summed E-state index contributed by atoms with van der Waals surface area (Å²) in [5.74, 6) is 0.154. The topological polar surface area (TPSA) is 97.2 Å². The number of nitroso groups, excluding NO2 is 1. The van der Waals surface area contributed by atoms with Crippen molar-refractivity contribution < 1.29 is 23.4 Å². The molecule has 234 valence electrons. The van der Waals surface area contributed by atoms with Crippen molar-refractivity contribution in [2.75, 3.05) is 26.2 Å². The number of piperidine rings is 1. The first-order valence-electron chi connectivity index (χ1n) is 15.4. The van der Waals surface area contributed by atoms with Crippen LogP contribution in [-0.2, 0) is 11.1 Å². The zero-order chi connectivity index (χ0) is 30.7. The van der Waals surface area contributed by atoms with E-state index >= 15 is 0 Å². The van der Waals surface area contributed by atoms with E-state index < -0.39 is 30.1 Å². The van der Waals surface area contributed by atoms with Crippen molar-refractivity contribution in [2.24, 2.45) is 11.1 Å². The van der Waals surface area contributed by atoms with Gasteiger partial charge in [0.2, 0.25) is 0 Å². The number of aliphatic hydroxyl groups excluding tert-OH is 1. The van der Waals surface area contributed by atoms with Gasteiger partial charge < -0.3 is 15.1 Å². The second-order valence-corrected chi connectivity index (χ2v) is 12.6. The van der Waals surface area contributed by atoms with Gasteiger partial charge in [-0.15, -0.1) is 4.91 Å². The Morgan fingerprint density at radius 2 is 1.79 bits per heavy atom. The van der Waals surface area contributed by atoms with E-state index in [-0.39, 0.29) is 17.9 Å². The molecule has 2 aliphatic carbocycles. The Balaban J connectivity index is 1.18. The number of nitrogens with zero attached hydrogens (tertiary/aromatic N) is 2. The Kier molecular flexibility index (Phi) is 9.73. The highest BCUT2D eigenvalue weighted by atomic mass is 19.4. The van der Waals surface area contributed by atoms with E-state index in [4.69, 9.17) is 0 Å². The van der Waals surface area contributed by atoms with Gasteiger partial charge in [0.25, 0.3) is 0 Å². The number of halogens is 3. The maximum absolute atomic E-state index is 13.2. The van der Waals surface area contributed by atoms with Gasteiger partial charge in [0.15, 0.2) is 0 Å². The first-order valence-corrected chi connectivity index (χ1v) is 15.4. The number of hydrogen-bond acceptors (Lipinski definition) is 7. The van der Waals surface area contributed by atoms with Crippen LogP contribution in [0.15, 0.2) is 65.9 Å². The summed E-state index contributed by atoms with van der Waals surface area (Å²) in [6, 6.07) is 14.7. The molecule has 0 spiro atoms. The number of aliphatic hydroxyl groups is 2. The second kappa shape index (κ2) is 13.2. The fraction of sp³-hybridized carbons (Fsp3) is 0.576. The number of hydrogen-bond donors (Lipinski definition) is 4. The number of benzene rings is 2.